The first kappa shape index (κ1) is 23.7. The largest absolute Gasteiger partial charge is 0.343 e. The van der Waals surface area contributed by atoms with E-state index in [1.165, 1.54) is 77.0 Å². The van der Waals surface area contributed by atoms with Crippen LogP contribution in [0.4, 0.5) is 0 Å². The maximum Gasteiger partial charge on any atom is 0.219 e. The van der Waals surface area contributed by atoms with Gasteiger partial charge in [-0.1, -0.05) is 85.5 Å². The van der Waals surface area contributed by atoms with E-state index >= 15 is 0 Å². The number of likely N-dealkylation sites (tertiary alicyclic amines) is 1. The van der Waals surface area contributed by atoms with Gasteiger partial charge in [0.15, 0.2) is 0 Å². The Kier molecular flexibility index (Phi) is 22.1. The summed E-state index contributed by atoms with van der Waals surface area (Å²) in [6, 6.07) is 0. The predicted molar refractivity (Wildman–Crippen MR) is 100 cm³/mol. The van der Waals surface area contributed by atoms with Crippen molar-refractivity contribution in [2.75, 3.05) is 13.1 Å². The van der Waals surface area contributed by atoms with Crippen LogP contribution < -0.4 is 0 Å². The molecule has 1 fully saturated rings. The summed E-state index contributed by atoms with van der Waals surface area (Å²) in [5.74, 6) is 0.231. The highest BCUT2D eigenvalue weighted by Gasteiger charge is 2.10. The van der Waals surface area contributed by atoms with Gasteiger partial charge in [0.1, 0.15) is 0 Å². The summed E-state index contributed by atoms with van der Waals surface area (Å²) in [5, 5.41) is 0. The molecule has 2 nitrogen and oxygen atoms in total. The molecule has 1 rings (SSSR count). The van der Waals surface area contributed by atoms with Crippen molar-refractivity contribution >= 4 is 5.91 Å². The SMILES string of the molecule is CC.CC(=O)N1CCCCC1.CCCCCCCCCCC. The van der Waals surface area contributed by atoms with Gasteiger partial charge in [-0.3, -0.25) is 4.79 Å². The number of rotatable bonds is 8. The number of nitrogens with zero attached hydrogens (tertiary/aromatic N) is 1. The summed E-state index contributed by atoms with van der Waals surface area (Å²) in [5.41, 5.74) is 0. The Bertz CT molecular complexity index is 202. The van der Waals surface area contributed by atoms with E-state index in [4.69, 9.17) is 0 Å². The van der Waals surface area contributed by atoms with Gasteiger partial charge >= 0.3 is 0 Å². The van der Waals surface area contributed by atoms with Gasteiger partial charge in [-0.2, -0.15) is 0 Å². The molecule has 1 saturated heterocycles. The minimum Gasteiger partial charge on any atom is -0.343 e. The minimum atomic E-state index is 0.231. The van der Waals surface area contributed by atoms with Crippen molar-refractivity contribution in [2.24, 2.45) is 0 Å². The van der Waals surface area contributed by atoms with Gasteiger partial charge in [0.25, 0.3) is 0 Å². The van der Waals surface area contributed by atoms with Gasteiger partial charge in [-0.05, 0) is 19.3 Å². The lowest BCUT2D eigenvalue weighted by molar-refractivity contribution is -0.129. The lowest BCUT2D eigenvalue weighted by Crippen LogP contribution is -2.33. The Hall–Kier alpha value is -0.530. The third-order valence-electron chi connectivity index (χ3n) is 4.01. The zero-order valence-electron chi connectivity index (χ0n) is 16.3. The number of hydrogen-bond acceptors (Lipinski definition) is 1. The van der Waals surface area contributed by atoms with E-state index in [1.807, 2.05) is 18.7 Å². The minimum absolute atomic E-state index is 0.231. The Morgan fingerprint density at radius 2 is 1.09 bits per heavy atom. The van der Waals surface area contributed by atoms with Crippen molar-refractivity contribution in [3.05, 3.63) is 0 Å². The van der Waals surface area contributed by atoms with E-state index in [0.29, 0.717) is 0 Å². The van der Waals surface area contributed by atoms with Crippen LogP contribution in [-0.2, 0) is 4.79 Å². The van der Waals surface area contributed by atoms with E-state index in [0.717, 1.165) is 13.1 Å². The molecule has 1 aliphatic heterocycles. The molecule has 0 aromatic rings. The van der Waals surface area contributed by atoms with Crippen LogP contribution in [0.5, 0.6) is 0 Å². The highest BCUT2D eigenvalue weighted by Crippen LogP contribution is 2.09. The molecule has 0 aromatic heterocycles. The molecule has 0 unspecified atom stereocenters. The summed E-state index contributed by atoms with van der Waals surface area (Å²) < 4.78 is 0. The zero-order chi connectivity index (χ0) is 17.1. The third kappa shape index (κ3) is 17.5. The van der Waals surface area contributed by atoms with Gasteiger partial charge in [0, 0.05) is 20.0 Å². The second kappa shape index (κ2) is 20.5. The van der Waals surface area contributed by atoms with Gasteiger partial charge < -0.3 is 4.90 Å². The number of amides is 1. The average Bonchev–Trinajstić information content (AvgIpc) is 2.57. The van der Waals surface area contributed by atoms with E-state index < -0.39 is 0 Å². The predicted octanol–water partition coefficient (Wildman–Crippen LogP) is 6.58. The van der Waals surface area contributed by atoms with Crippen LogP contribution in [0.15, 0.2) is 0 Å². The van der Waals surface area contributed by atoms with E-state index in [-0.39, 0.29) is 5.91 Å². The first-order chi connectivity index (χ1) is 10.7. The molecule has 0 bridgehead atoms. The first-order valence-electron chi connectivity index (χ1n) is 9.97. The Morgan fingerprint density at radius 3 is 1.36 bits per heavy atom. The number of piperidine rings is 1. The van der Waals surface area contributed by atoms with Crippen molar-refractivity contribution < 1.29 is 4.79 Å². The van der Waals surface area contributed by atoms with E-state index in [9.17, 15) is 4.79 Å². The van der Waals surface area contributed by atoms with Crippen LogP contribution in [0.2, 0.25) is 0 Å². The summed E-state index contributed by atoms with van der Waals surface area (Å²) in [6.07, 6.45) is 16.6. The number of unbranched alkanes of at least 4 members (excludes halogenated alkanes) is 8. The van der Waals surface area contributed by atoms with Crippen molar-refractivity contribution in [3.63, 3.8) is 0 Å². The topological polar surface area (TPSA) is 20.3 Å². The molecule has 1 heterocycles. The molecule has 1 aliphatic rings. The van der Waals surface area contributed by atoms with Crippen LogP contribution in [0.1, 0.15) is 112 Å². The van der Waals surface area contributed by atoms with Crippen molar-refractivity contribution in [2.45, 2.75) is 112 Å². The molecular formula is C20H43NO. The highest BCUT2D eigenvalue weighted by molar-refractivity contribution is 5.73. The zero-order valence-corrected chi connectivity index (χ0v) is 16.3. The molecule has 0 radical (unpaired) electrons. The molecule has 0 aliphatic carbocycles. The van der Waals surface area contributed by atoms with Crippen LogP contribution in [0.25, 0.3) is 0 Å². The van der Waals surface area contributed by atoms with E-state index in [1.54, 1.807) is 6.92 Å². The van der Waals surface area contributed by atoms with Gasteiger partial charge in [0.2, 0.25) is 5.91 Å². The van der Waals surface area contributed by atoms with Crippen LogP contribution in [0.3, 0.4) is 0 Å². The average molecular weight is 314 g/mol. The Morgan fingerprint density at radius 1 is 0.727 bits per heavy atom. The summed E-state index contributed by atoms with van der Waals surface area (Å²) in [4.78, 5) is 12.6. The molecule has 0 spiro atoms. The van der Waals surface area contributed by atoms with Gasteiger partial charge in [-0.25, -0.2) is 0 Å². The van der Waals surface area contributed by atoms with Crippen molar-refractivity contribution in [1.29, 1.82) is 0 Å². The van der Waals surface area contributed by atoms with Crippen LogP contribution in [0, 0.1) is 0 Å². The lowest BCUT2D eigenvalue weighted by Gasteiger charge is -2.24. The molecule has 22 heavy (non-hydrogen) atoms. The van der Waals surface area contributed by atoms with Crippen LogP contribution >= 0.6 is 0 Å². The third-order valence-corrected chi connectivity index (χ3v) is 4.01. The number of carbonyl (C=O) groups is 1. The fourth-order valence-electron chi connectivity index (χ4n) is 2.59. The normalized spacial score (nSPS) is 13.6. The second-order valence-electron chi connectivity index (χ2n) is 6.04. The second-order valence-corrected chi connectivity index (χ2v) is 6.04. The Balaban J connectivity index is 0. The molecular weight excluding hydrogens is 270 g/mol. The lowest BCUT2D eigenvalue weighted by atomic mass is 10.1. The Labute approximate surface area is 141 Å². The number of hydrogen-bond donors (Lipinski definition) is 0. The van der Waals surface area contributed by atoms with Crippen molar-refractivity contribution in [1.82, 2.24) is 4.90 Å². The summed E-state index contributed by atoms with van der Waals surface area (Å²) >= 11 is 0. The highest BCUT2D eigenvalue weighted by atomic mass is 16.2. The van der Waals surface area contributed by atoms with Gasteiger partial charge in [0.05, 0.1) is 0 Å². The van der Waals surface area contributed by atoms with Crippen LogP contribution in [-0.4, -0.2) is 23.9 Å². The fraction of sp³-hybridized carbons (Fsp3) is 0.950. The maximum absolute atomic E-state index is 10.7. The smallest absolute Gasteiger partial charge is 0.219 e. The molecule has 0 N–H and O–H groups in total. The van der Waals surface area contributed by atoms with Crippen molar-refractivity contribution in [3.8, 4) is 0 Å². The molecule has 0 aromatic carbocycles. The standard InChI is InChI=1S/C11H24.C7H13NO.C2H6/c1-3-5-7-9-11-10-8-6-4-2;1-7(9)8-5-3-2-4-6-8;1-2/h3-11H2,1-2H3;2-6H2,1H3;1-2H3. The number of carbonyl (C=O) groups excluding carboxylic acids is 1. The van der Waals surface area contributed by atoms with E-state index in [2.05, 4.69) is 13.8 Å². The molecule has 134 valence electrons. The molecule has 0 atom stereocenters. The fourth-order valence-corrected chi connectivity index (χ4v) is 2.59. The monoisotopic (exact) mass is 313 g/mol. The molecule has 0 saturated carbocycles. The molecule has 1 amide bonds. The first-order valence-corrected chi connectivity index (χ1v) is 9.97. The quantitative estimate of drug-likeness (QED) is 0.463. The summed E-state index contributed by atoms with van der Waals surface area (Å²) in [7, 11) is 0. The maximum atomic E-state index is 10.7. The van der Waals surface area contributed by atoms with Gasteiger partial charge in [-0.15, -0.1) is 0 Å². The molecule has 2 heteroatoms. The summed E-state index contributed by atoms with van der Waals surface area (Å²) in [6.45, 7) is 12.2.